The van der Waals surface area contributed by atoms with E-state index >= 15 is 0 Å². The summed E-state index contributed by atoms with van der Waals surface area (Å²) in [5.41, 5.74) is 4.47. The monoisotopic (exact) mass is 240 g/mol. The Hall–Kier alpha value is -1.57. The molecule has 1 aromatic heterocycles. The van der Waals surface area contributed by atoms with Crippen molar-refractivity contribution in [3.05, 3.63) is 53.6 Å². The maximum Gasteiger partial charge on any atom is 0.0921 e. The highest BCUT2D eigenvalue weighted by Gasteiger charge is 2.54. The van der Waals surface area contributed by atoms with Crippen molar-refractivity contribution in [2.75, 3.05) is 0 Å². The largest absolute Gasteiger partial charge is 0.348 e. The molecule has 1 saturated carbocycles. The average Bonchev–Trinajstić information content (AvgIpc) is 2.94. The Bertz CT molecular complexity index is 516. The van der Waals surface area contributed by atoms with E-state index in [1.54, 1.807) is 17.5 Å². The minimum Gasteiger partial charge on any atom is -0.348 e. The number of hydrogen-bond acceptors (Lipinski definition) is 1. The third kappa shape index (κ3) is 1.67. The van der Waals surface area contributed by atoms with Gasteiger partial charge >= 0.3 is 0 Å². The Kier molecular flexibility index (Phi) is 2.94. The second-order valence-electron chi connectivity index (χ2n) is 4.96. The molecular formula is C16H20N2. The van der Waals surface area contributed by atoms with E-state index < -0.39 is 0 Å². The Labute approximate surface area is 108 Å². The third-order valence-corrected chi connectivity index (χ3v) is 4.21. The van der Waals surface area contributed by atoms with Crippen LogP contribution in [-0.2, 0) is 6.42 Å². The smallest absolute Gasteiger partial charge is 0.0921 e. The van der Waals surface area contributed by atoms with Crippen molar-refractivity contribution < 1.29 is 0 Å². The van der Waals surface area contributed by atoms with Crippen LogP contribution in [0.5, 0.6) is 0 Å². The molecule has 2 aliphatic carbocycles. The first-order valence-electron chi connectivity index (χ1n) is 7.01. The van der Waals surface area contributed by atoms with Crippen LogP contribution in [0.1, 0.15) is 48.9 Å². The van der Waals surface area contributed by atoms with Crippen LogP contribution in [0.2, 0.25) is 0 Å². The van der Waals surface area contributed by atoms with Crippen LogP contribution >= 0.6 is 0 Å². The predicted molar refractivity (Wildman–Crippen MR) is 73.7 cm³/mol. The number of fused-ring (bicyclic) bond motifs is 3. The topological polar surface area (TPSA) is 28.7 Å². The molecule has 0 radical (unpaired) electrons. The van der Waals surface area contributed by atoms with E-state index in [9.17, 15) is 0 Å². The number of aromatic amines is 1. The highest BCUT2D eigenvalue weighted by Crippen LogP contribution is 2.64. The number of nitrogens with zero attached hydrogens (tertiary/aromatic N) is 1. The summed E-state index contributed by atoms with van der Waals surface area (Å²) in [7, 11) is 0. The van der Waals surface area contributed by atoms with E-state index in [2.05, 4.69) is 34.2 Å². The number of hydrogen-bond donors (Lipinski definition) is 1. The van der Waals surface area contributed by atoms with Gasteiger partial charge in [0.1, 0.15) is 0 Å². The van der Waals surface area contributed by atoms with Gasteiger partial charge in [-0.15, -0.1) is 0 Å². The highest BCUT2D eigenvalue weighted by molar-refractivity contribution is 5.43. The fraction of sp³-hybridized carbons (Fsp3) is 0.438. The molecule has 0 bridgehead atoms. The minimum absolute atomic E-state index is 0.700. The zero-order chi connectivity index (χ0) is 12.5. The lowest BCUT2D eigenvalue weighted by molar-refractivity contribution is 0.657. The summed E-state index contributed by atoms with van der Waals surface area (Å²) < 4.78 is 0. The fourth-order valence-corrected chi connectivity index (χ4v) is 3.44. The number of rotatable bonds is 1. The predicted octanol–water partition coefficient (Wildman–Crippen LogP) is 3.88. The molecule has 4 rings (SSSR count). The van der Waals surface area contributed by atoms with Crippen LogP contribution in [0.3, 0.4) is 0 Å². The quantitative estimate of drug-likeness (QED) is 0.805. The van der Waals surface area contributed by atoms with E-state index in [1.165, 1.54) is 18.5 Å². The van der Waals surface area contributed by atoms with Crippen molar-refractivity contribution in [2.45, 2.75) is 38.5 Å². The standard InChI is InChI=1S/C14H14N2.C2H6/c1-2-4-10-9(3-1)5-6-11-13(10)14(11)12-7-15-8-16-12;1-2/h1-4,7-8,11,13-14H,5-6H2,(H,15,16);1-2H3. The second kappa shape index (κ2) is 4.60. The van der Waals surface area contributed by atoms with Gasteiger partial charge in [0, 0.05) is 17.8 Å². The molecule has 0 saturated heterocycles. The molecule has 1 fully saturated rings. The molecule has 2 nitrogen and oxygen atoms in total. The molecule has 0 amide bonds. The molecule has 0 aliphatic heterocycles. The van der Waals surface area contributed by atoms with Gasteiger partial charge in [-0.2, -0.15) is 0 Å². The normalized spacial score (nSPS) is 27.6. The van der Waals surface area contributed by atoms with E-state index in [-0.39, 0.29) is 0 Å². The van der Waals surface area contributed by atoms with Gasteiger partial charge < -0.3 is 4.98 Å². The Morgan fingerprint density at radius 1 is 1.17 bits per heavy atom. The molecule has 94 valence electrons. The van der Waals surface area contributed by atoms with Gasteiger partial charge in [0.15, 0.2) is 0 Å². The lowest BCUT2D eigenvalue weighted by Crippen LogP contribution is -2.00. The Morgan fingerprint density at radius 3 is 2.78 bits per heavy atom. The van der Waals surface area contributed by atoms with Crippen molar-refractivity contribution >= 4 is 0 Å². The second-order valence-corrected chi connectivity index (χ2v) is 4.96. The summed E-state index contributed by atoms with van der Waals surface area (Å²) in [5, 5.41) is 0. The first kappa shape index (κ1) is 11.5. The summed E-state index contributed by atoms with van der Waals surface area (Å²) in [6.45, 7) is 4.00. The van der Waals surface area contributed by atoms with E-state index in [0.717, 1.165) is 11.8 Å². The molecule has 1 N–H and O–H groups in total. The van der Waals surface area contributed by atoms with Crippen LogP contribution in [0.4, 0.5) is 0 Å². The summed E-state index contributed by atoms with van der Waals surface area (Å²) in [5.74, 6) is 2.31. The fourth-order valence-electron chi connectivity index (χ4n) is 3.44. The number of aryl methyl sites for hydroxylation is 1. The number of H-pyrrole nitrogens is 1. The van der Waals surface area contributed by atoms with Gasteiger partial charge in [0.2, 0.25) is 0 Å². The van der Waals surface area contributed by atoms with Gasteiger partial charge in [0.25, 0.3) is 0 Å². The third-order valence-electron chi connectivity index (χ3n) is 4.21. The average molecular weight is 240 g/mol. The maximum atomic E-state index is 4.14. The molecule has 3 atom stereocenters. The lowest BCUT2D eigenvalue weighted by Gasteiger charge is -2.13. The van der Waals surface area contributed by atoms with Crippen LogP contribution < -0.4 is 0 Å². The van der Waals surface area contributed by atoms with Crippen LogP contribution in [0.25, 0.3) is 0 Å². The molecule has 0 spiro atoms. The molecule has 2 aromatic rings. The van der Waals surface area contributed by atoms with Gasteiger partial charge in [-0.25, -0.2) is 4.98 Å². The molecule has 2 aliphatic rings. The van der Waals surface area contributed by atoms with Crippen molar-refractivity contribution in [1.29, 1.82) is 0 Å². The zero-order valence-corrected chi connectivity index (χ0v) is 11.1. The lowest BCUT2D eigenvalue weighted by atomic mass is 9.92. The van der Waals surface area contributed by atoms with E-state index in [4.69, 9.17) is 0 Å². The van der Waals surface area contributed by atoms with Gasteiger partial charge in [-0.1, -0.05) is 38.1 Å². The minimum atomic E-state index is 0.700. The van der Waals surface area contributed by atoms with Gasteiger partial charge in [-0.05, 0) is 35.8 Å². The summed E-state index contributed by atoms with van der Waals surface area (Å²) in [6.07, 6.45) is 6.38. The molecule has 18 heavy (non-hydrogen) atoms. The molecule has 1 aromatic carbocycles. The molecule has 2 heteroatoms. The Morgan fingerprint density at radius 2 is 2.00 bits per heavy atom. The SMILES string of the molecule is CC.c1ccc2c(c1)CCC1C(c3cnc[nH]3)C21. The highest BCUT2D eigenvalue weighted by atomic mass is 14.9. The van der Waals surface area contributed by atoms with Gasteiger partial charge in [0.05, 0.1) is 6.33 Å². The number of benzene rings is 1. The summed E-state index contributed by atoms with van der Waals surface area (Å²) in [6, 6.07) is 8.92. The summed E-state index contributed by atoms with van der Waals surface area (Å²) in [4.78, 5) is 7.42. The first-order valence-corrected chi connectivity index (χ1v) is 7.01. The van der Waals surface area contributed by atoms with Crippen molar-refractivity contribution in [1.82, 2.24) is 9.97 Å². The van der Waals surface area contributed by atoms with Crippen LogP contribution in [0.15, 0.2) is 36.8 Å². The van der Waals surface area contributed by atoms with E-state index in [1.807, 2.05) is 20.0 Å². The summed E-state index contributed by atoms with van der Waals surface area (Å²) >= 11 is 0. The molecule has 3 unspecified atom stereocenters. The van der Waals surface area contributed by atoms with Gasteiger partial charge in [-0.3, -0.25) is 0 Å². The number of nitrogens with one attached hydrogen (secondary N) is 1. The number of imidazole rings is 1. The molecular weight excluding hydrogens is 220 g/mol. The maximum absolute atomic E-state index is 4.14. The number of aromatic nitrogens is 2. The first-order chi connectivity index (χ1) is 8.95. The van der Waals surface area contributed by atoms with Crippen molar-refractivity contribution in [3.8, 4) is 0 Å². The Balaban J connectivity index is 0.000000478. The zero-order valence-electron chi connectivity index (χ0n) is 11.1. The van der Waals surface area contributed by atoms with Crippen molar-refractivity contribution in [2.24, 2.45) is 5.92 Å². The molecule has 1 heterocycles. The van der Waals surface area contributed by atoms with E-state index in [0.29, 0.717) is 5.92 Å². The van der Waals surface area contributed by atoms with Crippen molar-refractivity contribution in [3.63, 3.8) is 0 Å². The van der Waals surface area contributed by atoms with Crippen LogP contribution in [-0.4, -0.2) is 9.97 Å². The van der Waals surface area contributed by atoms with Crippen LogP contribution in [0, 0.1) is 5.92 Å².